The molecule has 0 aliphatic heterocycles. The molecule has 0 spiro atoms. The summed E-state index contributed by atoms with van der Waals surface area (Å²) in [6.45, 7) is 2.71. The molecular formula is C16H15N3. The van der Waals surface area contributed by atoms with Crippen molar-refractivity contribution in [1.29, 1.82) is 0 Å². The third-order valence-corrected chi connectivity index (χ3v) is 3.05. The van der Waals surface area contributed by atoms with Gasteiger partial charge in [0.25, 0.3) is 0 Å². The van der Waals surface area contributed by atoms with Gasteiger partial charge in [-0.2, -0.15) is 0 Å². The van der Waals surface area contributed by atoms with E-state index in [-0.39, 0.29) is 0 Å². The minimum absolute atomic E-state index is 0.704. The van der Waals surface area contributed by atoms with Crippen LogP contribution < -0.4 is 5.32 Å². The van der Waals surface area contributed by atoms with E-state index in [0.717, 1.165) is 28.0 Å². The predicted molar refractivity (Wildman–Crippen MR) is 78.0 cm³/mol. The molecule has 2 aromatic heterocycles. The quantitative estimate of drug-likeness (QED) is 0.771. The van der Waals surface area contributed by atoms with E-state index in [1.54, 1.807) is 0 Å². The lowest BCUT2D eigenvalue weighted by Crippen LogP contribution is -2.02. The molecule has 0 saturated heterocycles. The predicted octanol–water partition coefficient (Wildman–Crippen LogP) is 3.55. The van der Waals surface area contributed by atoms with Crippen LogP contribution in [0.15, 0.2) is 54.7 Å². The summed E-state index contributed by atoms with van der Waals surface area (Å²) in [4.78, 5) is 8.91. The highest BCUT2D eigenvalue weighted by atomic mass is 14.9. The van der Waals surface area contributed by atoms with Crippen molar-refractivity contribution in [2.75, 3.05) is 5.32 Å². The van der Waals surface area contributed by atoms with Gasteiger partial charge >= 0.3 is 0 Å². The molecule has 0 amide bonds. The lowest BCUT2D eigenvalue weighted by atomic mass is 10.1. The summed E-state index contributed by atoms with van der Waals surface area (Å²) < 4.78 is 0. The highest BCUT2D eigenvalue weighted by Crippen LogP contribution is 2.22. The number of para-hydroxylation sites is 1. The topological polar surface area (TPSA) is 37.8 Å². The number of pyridine rings is 2. The Kier molecular flexibility index (Phi) is 3.11. The van der Waals surface area contributed by atoms with Crippen molar-refractivity contribution in [3.8, 4) is 0 Å². The second-order valence-corrected chi connectivity index (χ2v) is 4.50. The Hall–Kier alpha value is -2.42. The maximum atomic E-state index is 4.60. The van der Waals surface area contributed by atoms with Crippen molar-refractivity contribution in [2.24, 2.45) is 0 Å². The van der Waals surface area contributed by atoms with Crippen LogP contribution in [0.4, 0.5) is 5.69 Å². The smallest absolute Gasteiger partial charge is 0.0936 e. The molecule has 0 atom stereocenters. The van der Waals surface area contributed by atoms with E-state index in [1.165, 1.54) is 0 Å². The minimum Gasteiger partial charge on any atom is -0.378 e. The molecule has 1 N–H and O–H groups in total. The van der Waals surface area contributed by atoms with E-state index >= 15 is 0 Å². The molecule has 0 saturated carbocycles. The van der Waals surface area contributed by atoms with Gasteiger partial charge in [-0.15, -0.1) is 0 Å². The van der Waals surface area contributed by atoms with Crippen LogP contribution in [0, 0.1) is 6.92 Å². The Bertz CT molecular complexity index is 693. The standard InChI is InChI=1S/C16H15N3/c1-12-8-9-13-5-4-7-15(16(13)19-12)18-11-14-6-2-3-10-17-14/h2-10,18H,11H2,1H3. The van der Waals surface area contributed by atoms with Crippen LogP contribution in [-0.2, 0) is 6.54 Å². The number of nitrogens with one attached hydrogen (secondary N) is 1. The number of nitrogens with zero attached hydrogens (tertiary/aromatic N) is 2. The number of rotatable bonds is 3. The van der Waals surface area contributed by atoms with Crippen LogP contribution in [-0.4, -0.2) is 9.97 Å². The van der Waals surface area contributed by atoms with Crippen molar-refractivity contribution in [3.05, 3.63) is 66.1 Å². The first-order valence-electron chi connectivity index (χ1n) is 6.33. The summed E-state index contributed by atoms with van der Waals surface area (Å²) in [7, 11) is 0. The summed E-state index contributed by atoms with van der Waals surface area (Å²) in [6.07, 6.45) is 1.81. The third kappa shape index (κ3) is 2.55. The van der Waals surface area contributed by atoms with E-state index in [0.29, 0.717) is 6.54 Å². The van der Waals surface area contributed by atoms with Crippen LogP contribution in [0.25, 0.3) is 10.9 Å². The number of aryl methyl sites for hydroxylation is 1. The number of hydrogen-bond acceptors (Lipinski definition) is 3. The van der Waals surface area contributed by atoms with Gasteiger partial charge in [-0.05, 0) is 31.2 Å². The number of anilines is 1. The highest BCUT2D eigenvalue weighted by molar-refractivity contribution is 5.90. The first kappa shape index (κ1) is 11.7. The third-order valence-electron chi connectivity index (χ3n) is 3.05. The molecule has 0 unspecified atom stereocenters. The molecule has 2 heterocycles. The summed E-state index contributed by atoms with van der Waals surface area (Å²) in [5, 5.41) is 4.56. The zero-order chi connectivity index (χ0) is 13.1. The van der Waals surface area contributed by atoms with E-state index in [2.05, 4.69) is 33.5 Å². The van der Waals surface area contributed by atoms with Gasteiger partial charge in [0.15, 0.2) is 0 Å². The lowest BCUT2D eigenvalue weighted by Gasteiger charge is -2.09. The van der Waals surface area contributed by atoms with E-state index in [1.807, 2.05) is 43.5 Å². The lowest BCUT2D eigenvalue weighted by molar-refractivity contribution is 1.05. The molecule has 0 radical (unpaired) electrons. The zero-order valence-corrected chi connectivity index (χ0v) is 10.8. The van der Waals surface area contributed by atoms with Crippen LogP contribution >= 0.6 is 0 Å². The first-order chi connectivity index (χ1) is 9.33. The summed E-state index contributed by atoms with van der Waals surface area (Å²) in [6, 6.07) is 16.2. The van der Waals surface area contributed by atoms with Gasteiger partial charge in [0.2, 0.25) is 0 Å². The van der Waals surface area contributed by atoms with Gasteiger partial charge in [0.05, 0.1) is 23.4 Å². The molecule has 0 aliphatic carbocycles. The van der Waals surface area contributed by atoms with Gasteiger partial charge in [-0.1, -0.05) is 24.3 Å². The minimum atomic E-state index is 0.704. The van der Waals surface area contributed by atoms with E-state index in [9.17, 15) is 0 Å². The highest BCUT2D eigenvalue weighted by Gasteiger charge is 2.02. The molecule has 3 heteroatoms. The molecule has 94 valence electrons. The molecule has 3 rings (SSSR count). The fourth-order valence-electron chi connectivity index (χ4n) is 2.08. The SMILES string of the molecule is Cc1ccc2cccc(NCc3ccccn3)c2n1. The van der Waals surface area contributed by atoms with Crippen molar-refractivity contribution in [3.63, 3.8) is 0 Å². The number of fused-ring (bicyclic) bond motifs is 1. The average Bonchev–Trinajstić information content (AvgIpc) is 2.46. The second-order valence-electron chi connectivity index (χ2n) is 4.50. The van der Waals surface area contributed by atoms with Gasteiger partial charge in [-0.3, -0.25) is 9.97 Å². The molecule has 1 aromatic carbocycles. The zero-order valence-electron chi connectivity index (χ0n) is 10.8. The maximum absolute atomic E-state index is 4.60. The average molecular weight is 249 g/mol. The van der Waals surface area contributed by atoms with E-state index < -0.39 is 0 Å². The second kappa shape index (κ2) is 5.06. The Morgan fingerprint density at radius 3 is 2.79 bits per heavy atom. The largest absolute Gasteiger partial charge is 0.378 e. The Morgan fingerprint density at radius 1 is 1.00 bits per heavy atom. The van der Waals surface area contributed by atoms with Gasteiger partial charge in [0.1, 0.15) is 0 Å². The normalized spacial score (nSPS) is 10.6. The van der Waals surface area contributed by atoms with Crippen LogP contribution in [0.5, 0.6) is 0 Å². The van der Waals surface area contributed by atoms with E-state index in [4.69, 9.17) is 0 Å². The molecule has 0 aliphatic rings. The Morgan fingerprint density at radius 2 is 1.95 bits per heavy atom. The van der Waals surface area contributed by atoms with Crippen molar-refractivity contribution in [1.82, 2.24) is 9.97 Å². The van der Waals surface area contributed by atoms with Crippen molar-refractivity contribution < 1.29 is 0 Å². The van der Waals surface area contributed by atoms with Crippen LogP contribution in [0.1, 0.15) is 11.4 Å². The molecule has 0 bridgehead atoms. The van der Waals surface area contributed by atoms with Crippen molar-refractivity contribution in [2.45, 2.75) is 13.5 Å². The van der Waals surface area contributed by atoms with Crippen LogP contribution in [0.2, 0.25) is 0 Å². The molecule has 3 nitrogen and oxygen atoms in total. The fraction of sp³-hybridized carbons (Fsp3) is 0.125. The number of hydrogen-bond donors (Lipinski definition) is 1. The first-order valence-corrected chi connectivity index (χ1v) is 6.33. The Balaban J connectivity index is 1.90. The fourth-order valence-corrected chi connectivity index (χ4v) is 2.08. The number of aromatic nitrogens is 2. The number of benzene rings is 1. The summed E-state index contributed by atoms with van der Waals surface area (Å²) in [5.74, 6) is 0. The molecule has 3 aromatic rings. The van der Waals surface area contributed by atoms with Gasteiger partial charge in [-0.25, -0.2) is 0 Å². The maximum Gasteiger partial charge on any atom is 0.0936 e. The summed E-state index contributed by atoms with van der Waals surface area (Å²) >= 11 is 0. The van der Waals surface area contributed by atoms with Gasteiger partial charge in [0, 0.05) is 17.3 Å². The molecule has 19 heavy (non-hydrogen) atoms. The monoisotopic (exact) mass is 249 g/mol. The van der Waals surface area contributed by atoms with Crippen molar-refractivity contribution >= 4 is 16.6 Å². The van der Waals surface area contributed by atoms with Gasteiger partial charge < -0.3 is 5.32 Å². The Labute approximate surface area is 112 Å². The van der Waals surface area contributed by atoms with Crippen LogP contribution in [0.3, 0.4) is 0 Å². The molecular weight excluding hydrogens is 234 g/mol. The summed E-state index contributed by atoms with van der Waals surface area (Å²) in [5.41, 5.74) is 4.11. The molecule has 0 fully saturated rings.